The maximum absolute atomic E-state index is 11.2. The van der Waals surface area contributed by atoms with Crippen molar-refractivity contribution in [2.45, 2.75) is 46.5 Å². The largest absolute Gasteiger partial charge is 0.478 e. The highest BCUT2D eigenvalue weighted by molar-refractivity contribution is 5.89. The number of benzene rings is 3. The Morgan fingerprint density at radius 3 is 2.17 bits per heavy atom. The van der Waals surface area contributed by atoms with Crippen LogP contribution in [0, 0.1) is 6.92 Å². The third-order valence-electron chi connectivity index (χ3n) is 5.34. The van der Waals surface area contributed by atoms with Crippen LogP contribution in [0.4, 0.5) is 11.4 Å². The minimum atomic E-state index is -0.933. The molecule has 0 aliphatic heterocycles. The first kappa shape index (κ1) is 21.4. The molecule has 30 heavy (non-hydrogen) atoms. The Morgan fingerprint density at radius 1 is 0.867 bits per heavy atom. The van der Waals surface area contributed by atoms with Crippen LogP contribution in [0.5, 0.6) is 0 Å². The van der Waals surface area contributed by atoms with Gasteiger partial charge in [0.1, 0.15) is 0 Å². The lowest BCUT2D eigenvalue weighted by Gasteiger charge is -2.15. The summed E-state index contributed by atoms with van der Waals surface area (Å²) >= 11 is 0. The van der Waals surface area contributed by atoms with Gasteiger partial charge in [-0.05, 0) is 65.3 Å². The van der Waals surface area contributed by atoms with Crippen molar-refractivity contribution in [3.8, 4) is 11.1 Å². The molecule has 0 saturated heterocycles. The first-order chi connectivity index (χ1) is 14.3. The van der Waals surface area contributed by atoms with Crippen LogP contribution < -0.4 is 0 Å². The van der Waals surface area contributed by atoms with Gasteiger partial charge in [0.15, 0.2) is 0 Å². The fourth-order valence-electron chi connectivity index (χ4n) is 3.55. The number of nitrogens with zero attached hydrogens (tertiary/aromatic N) is 2. The van der Waals surface area contributed by atoms with Gasteiger partial charge in [0.05, 0.1) is 16.9 Å². The summed E-state index contributed by atoms with van der Waals surface area (Å²) in [4.78, 5) is 11.2. The van der Waals surface area contributed by atoms with Crippen molar-refractivity contribution >= 4 is 17.3 Å². The summed E-state index contributed by atoms with van der Waals surface area (Å²) in [5.41, 5.74) is 7.31. The van der Waals surface area contributed by atoms with Gasteiger partial charge in [-0.3, -0.25) is 0 Å². The van der Waals surface area contributed by atoms with Crippen LogP contribution in [0.15, 0.2) is 70.9 Å². The normalized spacial score (nSPS) is 11.6. The van der Waals surface area contributed by atoms with Crippen LogP contribution in [0.25, 0.3) is 11.1 Å². The second-order valence-corrected chi connectivity index (χ2v) is 8.16. The van der Waals surface area contributed by atoms with Crippen molar-refractivity contribution in [2.24, 2.45) is 10.2 Å². The molecule has 154 valence electrons. The second kappa shape index (κ2) is 9.04. The highest BCUT2D eigenvalue weighted by Gasteiger charge is 2.14. The van der Waals surface area contributed by atoms with Gasteiger partial charge in [-0.25, -0.2) is 4.79 Å². The Hall–Kier alpha value is -3.27. The van der Waals surface area contributed by atoms with Crippen LogP contribution in [0.1, 0.15) is 66.6 Å². The summed E-state index contributed by atoms with van der Waals surface area (Å²) in [6.45, 7) is 10.7. The summed E-state index contributed by atoms with van der Waals surface area (Å²) in [7, 11) is 0. The number of hydrogen-bond donors (Lipinski definition) is 1. The zero-order chi connectivity index (χ0) is 21.8. The van der Waals surface area contributed by atoms with Crippen LogP contribution in [-0.2, 0) is 0 Å². The summed E-state index contributed by atoms with van der Waals surface area (Å²) in [5.74, 6) is -0.140. The molecule has 0 heterocycles. The average Bonchev–Trinajstić information content (AvgIpc) is 2.72. The van der Waals surface area contributed by atoms with Gasteiger partial charge in [0, 0.05) is 5.56 Å². The fraction of sp³-hybridized carbons (Fsp3) is 0.269. The molecule has 0 spiro atoms. The molecule has 4 nitrogen and oxygen atoms in total. The van der Waals surface area contributed by atoms with Gasteiger partial charge in [0.25, 0.3) is 0 Å². The van der Waals surface area contributed by atoms with E-state index in [0.717, 1.165) is 28.1 Å². The molecule has 0 amide bonds. The SMILES string of the molecule is Cc1c(C(C)C)ccc(-c2ccc(C(=O)O)cc2)c1N=Nc1cccc(C(C)C)c1. The summed E-state index contributed by atoms with van der Waals surface area (Å²) in [5, 5.41) is 18.4. The highest BCUT2D eigenvalue weighted by atomic mass is 16.4. The molecule has 0 atom stereocenters. The molecule has 0 aliphatic carbocycles. The monoisotopic (exact) mass is 400 g/mol. The van der Waals surface area contributed by atoms with Gasteiger partial charge in [-0.1, -0.05) is 64.1 Å². The third-order valence-corrected chi connectivity index (χ3v) is 5.34. The summed E-state index contributed by atoms with van der Waals surface area (Å²) < 4.78 is 0. The molecule has 1 N–H and O–H groups in total. The first-order valence-corrected chi connectivity index (χ1v) is 10.3. The van der Waals surface area contributed by atoms with Crippen LogP contribution in [-0.4, -0.2) is 11.1 Å². The smallest absolute Gasteiger partial charge is 0.335 e. The van der Waals surface area contributed by atoms with E-state index in [4.69, 9.17) is 0 Å². The van der Waals surface area contributed by atoms with E-state index >= 15 is 0 Å². The Balaban J connectivity index is 2.10. The molecule has 0 saturated carbocycles. The number of carboxylic acids is 1. The van der Waals surface area contributed by atoms with E-state index < -0.39 is 5.97 Å². The van der Waals surface area contributed by atoms with E-state index in [1.165, 1.54) is 11.1 Å². The molecule has 0 aromatic heterocycles. The first-order valence-electron chi connectivity index (χ1n) is 10.3. The molecule has 3 aromatic rings. The quantitative estimate of drug-likeness (QED) is 0.426. The van der Waals surface area contributed by atoms with Crippen molar-refractivity contribution in [2.75, 3.05) is 0 Å². The van der Waals surface area contributed by atoms with E-state index in [2.05, 4.69) is 69.1 Å². The maximum atomic E-state index is 11.2. The zero-order valence-corrected chi connectivity index (χ0v) is 18.2. The summed E-state index contributed by atoms with van der Waals surface area (Å²) in [6.07, 6.45) is 0. The molecule has 3 aromatic carbocycles. The van der Waals surface area contributed by atoms with Gasteiger partial charge in [0.2, 0.25) is 0 Å². The number of hydrogen-bond acceptors (Lipinski definition) is 3. The third kappa shape index (κ3) is 4.65. The molecule has 0 bridgehead atoms. The molecular formula is C26H28N2O2. The van der Waals surface area contributed by atoms with E-state index in [9.17, 15) is 9.90 Å². The van der Waals surface area contributed by atoms with E-state index in [0.29, 0.717) is 11.8 Å². The van der Waals surface area contributed by atoms with Gasteiger partial charge >= 0.3 is 5.97 Å². The number of carbonyl (C=O) groups is 1. The fourth-order valence-corrected chi connectivity index (χ4v) is 3.55. The van der Waals surface area contributed by atoms with Gasteiger partial charge < -0.3 is 5.11 Å². The van der Waals surface area contributed by atoms with Crippen molar-refractivity contribution in [1.29, 1.82) is 0 Å². The van der Waals surface area contributed by atoms with Crippen molar-refractivity contribution < 1.29 is 9.90 Å². The standard InChI is InChI=1S/C26H28N2O2/c1-16(2)21-7-6-8-22(15-21)27-28-25-18(5)23(17(3)4)13-14-24(25)19-9-11-20(12-10-19)26(29)30/h6-17H,1-5H3,(H,29,30). The predicted molar refractivity (Wildman–Crippen MR) is 122 cm³/mol. The van der Waals surface area contributed by atoms with Gasteiger partial charge in [-0.2, -0.15) is 5.11 Å². The van der Waals surface area contributed by atoms with E-state index in [1.807, 2.05) is 24.3 Å². The van der Waals surface area contributed by atoms with Crippen molar-refractivity contribution in [3.63, 3.8) is 0 Å². The zero-order valence-electron chi connectivity index (χ0n) is 18.2. The average molecular weight is 401 g/mol. The number of rotatable bonds is 6. The van der Waals surface area contributed by atoms with E-state index in [-0.39, 0.29) is 5.56 Å². The minimum absolute atomic E-state index is 0.267. The van der Waals surface area contributed by atoms with Crippen LogP contribution in [0.3, 0.4) is 0 Å². The van der Waals surface area contributed by atoms with E-state index in [1.54, 1.807) is 12.1 Å². The van der Waals surface area contributed by atoms with Gasteiger partial charge in [-0.15, -0.1) is 5.11 Å². The molecule has 4 heteroatoms. The Kier molecular flexibility index (Phi) is 6.46. The topological polar surface area (TPSA) is 62.0 Å². The summed E-state index contributed by atoms with van der Waals surface area (Å²) in [6, 6.07) is 19.2. The Bertz CT molecular complexity index is 1080. The maximum Gasteiger partial charge on any atom is 0.335 e. The lowest BCUT2D eigenvalue weighted by Crippen LogP contribution is -1.96. The highest BCUT2D eigenvalue weighted by Crippen LogP contribution is 2.38. The minimum Gasteiger partial charge on any atom is -0.478 e. The molecule has 0 radical (unpaired) electrons. The Labute approximate surface area is 178 Å². The predicted octanol–water partition coefficient (Wildman–Crippen LogP) is 8.02. The number of carboxylic acid groups (broad SMARTS) is 1. The number of azo groups is 1. The van der Waals surface area contributed by atoms with Crippen molar-refractivity contribution in [3.05, 3.63) is 82.9 Å². The lowest BCUT2D eigenvalue weighted by atomic mass is 9.91. The molecule has 0 aliphatic rings. The van der Waals surface area contributed by atoms with Crippen molar-refractivity contribution in [1.82, 2.24) is 0 Å². The molecule has 0 unspecified atom stereocenters. The molecular weight excluding hydrogens is 372 g/mol. The molecule has 0 fully saturated rings. The van der Waals surface area contributed by atoms with Crippen LogP contribution in [0.2, 0.25) is 0 Å². The Morgan fingerprint density at radius 2 is 1.57 bits per heavy atom. The second-order valence-electron chi connectivity index (χ2n) is 8.16. The lowest BCUT2D eigenvalue weighted by molar-refractivity contribution is 0.0697. The molecule has 3 rings (SSSR count). The number of aromatic carboxylic acids is 1. The van der Waals surface area contributed by atoms with Crippen LogP contribution >= 0.6 is 0 Å².